The molecule has 1 heterocycles. The highest BCUT2D eigenvalue weighted by Crippen LogP contribution is 2.35. The minimum Gasteiger partial charge on any atom is -0.496 e. The van der Waals surface area contributed by atoms with Gasteiger partial charge < -0.3 is 4.74 Å². The van der Waals surface area contributed by atoms with Crippen LogP contribution in [0.2, 0.25) is 5.02 Å². The molecular formula is C15H13ClN2O2. The van der Waals surface area contributed by atoms with Crippen LogP contribution >= 0.6 is 11.6 Å². The van der Waals surface area contributed by atoms with E-state index < -0.39 is 0 Å². The van der Waals surface area contributed by atoms with Crippen LogP contribution in [0.4, 0.5) is 0 Å². The SMILES string of the molecule is COc1cccc(Cl)c1-c1ncc2c(n1)CCCC2=O. The second-order valence-electron chi connectivity index (χ2n) is 4.65. The maximum absolute atomic E-state index is 11.8. The van der Waals surface area contributed by atoms with Gasteiger partial charge >= 0.3 is 0 Å². The molecular weight excluding hydrogens is 276 g/mol. The Bertz CT molecular complexity index is 686. The van der Waals surface area contributed by atoms with E-state index in [2.05, 4.69) is 9.97 Å². The quantitative estimate of drug-likeness (QED) is 0.850. The van der Waals surface area contributed by atoms with E-state index >= 15 is 0 Å². The number of benzene rings is 1. The number of methoxy groups -OCH3 is 1. The van der Waals surface area contributed by atoms with E-state index in [-0.39, 0.29) is 5.78 Å². The summed E-state index contributed by atoms with van der Waals surface area (Å²) in [7, 11) is 1.58. The Kier molecular flexibility index (Phi) is 3.40. The first-order valence-electron chi connectivity index (χ1n) is 6.42. The molecule has 2 aromatic rings. The number of aromatic nitrogens is 2. The van der Waals surface area contributed by atoms with Gasteiger partial charge in [0.15, 0.2) is 11.6 Å². The number of rotatable bonds is 2. The topological polar surface area (TPSA) is 52.1 Å². The smallest absolute Gasteiger partial charge is 0.166 e. The van der Waals surface area contributed by atoms with Crippen LogP contribution in [0.25, 0.3) is 11.4 Å². The highest BCUT2D eigenvalue weighted by Gasteiger charge is 2.21. The Hall–Kier alpha value is -1.94. The first kappa shape index (κ1) is 13.1. The van der Waals surface area contributed by atoms with Gasteiger partial charge in [0, 0.05) is 12.6 Å². The second kappa shape index (κ2) is 5.21. The molecule has 0 N–H and O–H groups in total. The number of carbonyl (C=O) groups is 1. The Labute approximate surface area is 121 Å². The lowest BCUT2D eigenvalue weighted by atomic mass is 9.96. The van der Waals surface area contributed by atoms with Crippen molar-refractivity contribution >= 4 is 17.4 Å². The molecule has 0 radical (unpaired) electrons. The maximum Gasteiger partial charge on any atom is 0.166 e. The minimum absolute atomic E-state index is 0.115. The highest BCUT2D eigenvalue weighted by molar-refractivity contribution is 6.33. The van der Waals surface area contributed by atoms with Crippen LogP contribution in [-0.4, -0.2) is 22.9 Å². The van der Waals surface area contributed by atoms with Gasteiger partial charge in [-0.1, -0.05) is 17.7 Å². The van der Waals surface area contributed by atoms with Crippen molar-refractivity contribution in [3.63, 3.8) is 0 Å². The Balaban J connectivity index is 2.14. The summed E-state index contributed by atoms with van der Waals surface area (Å²) in [5.41, 5.74) is 2.09. The lowest BCUT2D eigenvalue weighted by Gasteiger charge is -2.15. The van der Waals surface area contributed by atoms with Crippen molar-refractivity contribution in [2.75, 3.05) is 7.11 Å². The molecule has 1 aromatic carbocycles. The number of ether oxygens (including phenoxy) is 1. The minimum atomic E-state index is 0.115. The summed E-state index contributed by atoms with van der Waals surface area (Å²) >= 11 is 6.23. The molecule has 1 aliphatic carbocycles. The summed E-state index contributed by atoms with van der Waals surface area (Å²) in [5.74, 6) is 1.24. The summed E-state index contributed by atoms with van der Waals surface area (Å²) in [6.07, 6.45) is 3.80. The van der Waals surface area contributed by atoms with Gasteiger partial charge in [-0.3, -0.25) is 4.79 Å². The van der Waals surface area contributed by atoms with Crippen molar-refractivity contribution in [3.05, 3.63) is 40.7 Å². The molecule has 5 heteroatoms. The lowest BCUT2D eigenvalue weighted by Crippen LogP contribution is -2.14. The predicted octanol–water partition coefficient (Wildman–Crippen LogP) is 3.32. The molecule has 3 rings (SSSR count). The fourth-order valence-corrected chi connectivity index (χ4v) is 2.65. The van der Waals surface area contributed by atoms with Crippen LogP contribution in [0.3, 0.4) is 0 Å². The zero-order valence-electron chi connectivity index (χ0n) is 11.0. The molecule has 0 fully saturated rings. The summed E-state index contributed by atoms with van der Waals surface area (Å²) in [6, 6.07) is 5.40. The summed E-state index contributed by atoms with van der Waals surface area (Å²) < 4.78 is 5.31. The molecule has 0 unspecified atom stereocenters. The molecule has 0 aliphatic heterocycles. The summed E-state index contributed by atoms with van der Waals surface area (Å²) in [5, 5.41) is 0.534. The van der Waals surface area contributed by atoms with E-state index in [1.165, 1.54) is 0 Å². The number of aryl methyl sites for hydroxylation is 1. The molecule has 1 aliphatic rings. The fraction of sp³-hybridized carbons (Fsp3) is 0.267. The Morgan fingerprint density at radius 2 is 2.15 bits per heavy atom. The van der Waals surface area contributed by atoms with Crippen LogP contribution in [0.15, 0.2) is 24.4 Å². The maximum atomic E-state index is 11.8. The van der Waals surface area contributed by atoms with E-state index in [9.17, 15) is 4.79 Å². The number of hydrogen-bond acceptors (Lipinski definition) is 4. The third-order valence-corrected chi connectivity index (χ3v) is 3.72. The zero-order chi connectivity index (χ0) is 14.1. The first-order chi connectivity index (χ1) is 9.70. The number of halogens is 1. The van der Waals surface area contributed by atoms with Gasteiger partial charge in [0.25, 0.3) is 0 Å². The van der Waals surface area contributed by atoms with Crippen molar-refractivity contribution in [2.24, 2.45) is 0 Å². The largest absolute Gasteiger partial charge is 0.496 e. The number of nitrogens with zero attached hydrogens (tertiary/aromatic N) is 2. The normalized spacial score (nSPS) is 14.0. The molecule has 0 bridgehead atoms. The molecule has 20 heavy (non-hydrogen) atoms. The van der Waals surface area contributed by atoms with Crippen molar-refractivity contribution in [1.82, 2.24) is 9.97 Å². The molecule has 1 aromatic heterocycles. The third-order valence-electron chi connectivity index (χ3n) is 3.40. The number of ketones is 1. The molecule has 102 valence electrons. The average molecular weight is 289 g/mol. The van der Waals surface area contributed by atoms with Gasteiger partial charge in [-0.25, -0.2) is 9.97 Å². The zero-order valence-corrected chi connectivity index (χ0v) is 11.8. The Morgan fingerprint density at radius 1 is 1.30 bits per heavy atom. The van der Waals surface area contributed by atoms with E-state index in [4.69, 9.17) is 16.3 Å². The highest BCUT2D eigenvalue weighted by atomic mass is 35.5. The molecule has 4 nitrogen and oxygen atoms in total. The summed E-state index contributed by atoms with van der Waals surface area (Å²) in [4.78, 5) is 20.6. The van der Waals surface area contributed by atoms with E-state index in [1.54, 1.807) is 19.4 Å². The first-order valence-corrected chi connectivity index (χ1v) is 6.80. The number of Topliss-reactive ketones (excluding diaryl/α,β-unsaturated/α-hetero) is 1. The van der Waals surface area contributed by atoms with E-state index in [0.717, 1.165) is 18.5 Å². The molecule has 0 amide bonds. The Morgan fingerprint density at radius 3 is 2.95 bits per heavy atom. The van der Waals surface area contributed by atoms with E-state index in [1.807, 2.05) is 12.1 Å². The molecule has 0 spiro atoms. The standard InChI is InChI=1S/C15H13ClN2O2/c1-20-13-7-2-4-10(16)14(13)15-17-8-9-11(18-15)5-3-6-12(9)19/h2,4,7-8H,3,5-6H2,1H3. The fourth-order valence-electron chi connectivity index (χ4n) is 2.40. The average Bonchev–Trinajstić information content (AvgIpc) is 2.47. The van der Waals surface area contributed by atoms with Crippen LogP contribution in [-0.2, 0) is 6.42 Å². The van der Waals surface area contributed by atoms with Gasteiger partial charge in [0.1, 0.15) is 5.75 Å². The number of hydrogen-bond donors (Lipinski definition) is 0. The number of carbonyl (C=O) groups excluding carboxylic acids is 1. The van der Waals surface area contributed by atoms with Gasteiger partial charge in [-0.15, -0.1) is 0 Å². The second-order valence-corrected chi connectivity index (χ2v) is 5.06. The van der Waals surface area contributed by atoms with Crippen LogP contribution in [0.5, 0.6) is 5.75 Å². The predicted molar refractivity (Wildman–Crippen MR) is 76.3 cm³/mol. The van der Waals surface area contributed by atoms with Gasteiger partial charge in [-0.2, -0.15) is 0 Å². The van der Waals surface area contributed by atoms with Gasteiger partial charge in [-0.05, 0) is 25.0 Å². The lowest BCUT2D eigenvalue weighted by molar-refractivity contribution is 0.0971. The van der Waals surface area contributed by atoms with E-state index in [0.29, 0.717) is 34.1 Å². The van der Waals surface area contributed by atoms with Crippen LogP contribution < -0.4 is 4.74 Å². The molecule has 0 saturated carbocycles. The summed E-state index contributed by atoms with van der Waals surface area (Å²) in [6.45, 7) is 0. The molecule has 0 saturated heterocycles. The number of fused-ring (bicyclic) bond motifs is 1. The van der Waals surface area contributed by atoms with Gasteiger partial charge in [0.2, 0.25) is 0 Å². The van der Waals surface area contributed by atoms with Crippen LogP contribution in [0, 0.1) is 0 Å². The van der Waals surface area contributed by atoms with Gasteiger partial charge in [0.05, 0.1) is 29.0 Å². The van der Waals surface area contributed by atoms with Crippen LogP contribution in [0.1, 0.15) is 28.9 Å². The van der Waals surface area contributed by atoms with Crippen molar-refractivity contribution in [3.8, 4) is 17.1 Å². The van der Waals surface area contributed by atoms with Crippen molar-refractivity contribution in [1.29, 1.82) is 0 Å². The third kappa shape index (κ3) is 2.16. The van der Waals surface area contributed by atoms with Crippen molar-refractivity contribution in [2.45, 2.75) is 19.3 Å². The monoisotopic (exact) mass is 288 g/mol. The van der Waals surface area contributed by atoms with Crippen molar-refractivity contribution < 1.29 is 9.53 Å². The molecule has 0 atom stereocenters.